The zero-order chi connectivity index (χ0) is 18.3. The Kier molecular flexibility index (Phi) is 7.77. The van der Waals surface area contributed by atoms with Crippen molar-refractivity contribution in [2.75, 3.05) is 6.61 Å². The minimum Gasteiger partial charge on any atom is -0.462 e. The van der Waals surface area contributed by atoms with Gasteiger partial charge in [-0.05, 0) is 29.9 Å². The van der Waals surface area contributed by atoms with Crippen molar-refractivity contribution in [3.63, 3.8) is 0 Å². The SMILES string of the molecule is CC(COC(=O)/C=C/C(=O)Oc1cccc(Cl)c1Cl)CC(C)(C)C. The molecule has 4 nitrogen and oxygen atoms in total. The molecule has 1 rings (SSSR count). The topological polar surface area (TPSA) is 52.6 Å². The van der Waals surface area contributed by atoms with Gasteiger partial charge in [0.1, 0.15) is 5.02 Å². The van der Waals surface area contributed by atoms with Gasteiger partial charge >= 0.3 is 11.9 Å². The third kappa shape index (κ3) is 7.84. The maximum absolute atomic E-state index is 11.7. The Hall–Kier alpha value is -1.52. The first kappa shape index (κ1) is 20.5. The van der Waals surface area contributed by atoms with Gasteiger partial charge in [-0.15, -0.1) is 0 Å². The molecule has 1 unspecified atom stereocenters. The third-order valence-corrected chi connectivity index (χ3v) is 3.75. The highest BCUT2D eigenvalue weighted by molar-refractivity contribution is 6.43. The van der Waals surface area contributed by atoms with Crippen LogP contribution in [0.3, 0.4) is 0 Å². The molecule has 0 N–H and O–H groups in total. The molecule has 0 saturated carbocycles. The Morgan fingerprint density at radius 1 is 1.17 bits per heavy atom. The van der Waals surface area contributed by atoms with E-state index in [0.29, 0.717) is 6.61 Å². The molecular weight excluding hydrogens is 351 g/mol. The predicted octanol–water partition coefficient (Wildman–Crippen LogP) is 5.07. The molecule has 1 aromatic carbocycles. The summed E-state index contributed by atoms with van der Waals surface area (Å²) >= 11 is 11.7. The lowest BCUT2D eigenvalue weighted by molar-refractivity contribution is -0.139. The fraction of sp³-hybridized carbons (Fsp3) is 0.444. The van der Waals surface area contributed by atoms with Gasteiger partial charge in [0.2, 0.25) is 0 Å². The highest BCUT2D eigenvalue weighted by Gasteiger charge is 2.16. The third-order valence-electron chi connectivity index (χ3n) is 2.95. The summed E-state index contributed by atoms with van der Waals surface area (Å²) in [6.07, 6.45) is 2.96. The second kappa shape index (κ2) is 9.09. The van der Waals surface area contributed by atoms with Gasteiger partial charge < -0.3 is 9.47 Å². The number of halogens is 2. The van der Waals surface area contributed by atoms with Crippen molar-refractivity contribution < 1.29 is 19.1 Å². The average molecular weight is 373 g/mol. The zero-order valence-corrected chi connectivity index (χ0v) is 15.8. The zero-order valence-electron chi connectivity index (χ0n) is 14.3. The number of benzene rings is 1. The van der Waals surface area contributed by atoms with Gasteiger partial charge in [-0.2, -0.15) is 0 Å². The van der Waals surface area contributed by atoms with Crippen LogP contribution in [0.4, 0.5) is 0 Å². The van der Waals surface area contributed by atoms with Crippen LogP contribution in [0.2, 0.25) is 10.0 Å². The van der Waals surface area contributed by atoms with Crippen LogP contribution >= 0.6 is 23.2 Å². The molecule has 0 aliphatic rings. The number of esters is 2. The quantitative estimate of drug-likeness (QED) is 0.397. The van der Waals surface area contributed by atoms with Crippen molar-refractivity contribution in [1.29, 1.82) is 0 Å². The van der Waals surface area contributed by atoms with Crippen LogP contribution in [-0.4, -0.2) is 18.5 Å². The van der Waals surface area contributed by atoms with Gasteiger partial charge in [-0.1, -0.05) is 57.0 Å². The fourth-order valence-corrected chi connectivity index (χ4v) is 2.55. The van der Waals surface area contributed by atoms with E-state index < -0.39 is 11.9 Å². The molecule has 0 fully saturated rings. The van der Waals surface area contributed by atoms with E-state index in [1.807, 2.05) is 6.92 Å². The Morgan fingerprint density at radius 2 is 1.79 bits per heavy atom. The number of carbonyl (C=O) groups is 2. The molecule has 6 heteroatoms. The van der Waals surface area contributed by atoms with Crippen molar-refractivity contribution in [2.24, 2.45) is 11.3 Å². The van der Waals surface area contributed by atoms with E-state index in [4.69, 9.17) is 32.7 Å². The highest BCUT2D eigenvalue weighted by atomic mass is 35.5. The van der Waals surface area contributed by atoms with Gasteiger partial charge in [0.25, 0.3) is 0 Å². The first-order valence-electron chi connectivity index (χ1n) is 7.59. The van der Waals surface area contributed by atoms with E-state index in [0.717, 1.165) is 18.6 Å². The minimum absolute atomic E-state index is 0.131. The predicted molar refractivity (Wildman–Crippen MR) is 95.4 cm³/mol. The molecule has 0 saturated heterocycles. The summed E-state index contributed by atoms with van der Waals surface area (Å²) in [5.41, 5.74) is 0.168. The first-order chi connectivity index (χ1) is 11.1. The lowest BCUT2D eigenvalue weighted by atomic mass is 9.86. The maximum atomic E-state index is 11.7. The number of ether oxygens (including phenoxy) is 2. The van der Waals surface area contributed by atoms with Crippen molar-refractivity contribution in [3.8, 4) is 5.75 Å². The van der Waals surface area contributed by atoms with Gasteiger partial charge in [-0.25, -0.2) is 9.59 Å². The minimum atomic E-state index is -0.737. The molecule has 0 spiro atoms. The normalized spacial score (nSPS) is 12.9. The standard InChI is InChI=1S/C18H22Cl2O4/c1-12(10-18(2,3)4)11-23-15(21)8-9-16(22)24-14-7-5-6-13(19)17(14)20/h5-9,12H,10-11H2,1-4H3/b9-8+. The van der Waals surface area contributed by atoms with Crippen LogP contribution in [0.5, 0.6) is 5.75 Å². The number of rotatable bonds is 6. The molecule has 0 heterocycles. The van der Waals surface area contributed by atoms with E-state index in [2.05, 4.69) is 20.8 Å². The summed E-state index contributed by atoms with van der Waals surface area (Å²) in [7, 11) is 0. The second-order valence-electron chi connectivity index (χ2n) is 6.81. The molecule has 24 heavy (non-hydrogen) atoms. The second-order valence-corrected chi connectivity index (χ2v) is 7.59. The summed E-state index contributed by atoms with van der Waals surface area (Å²) < 4.78 is 10.1. The monoisotopic (exact) mass is 372 g/mol. The number of hydrogen-bond acceptors (Lipinski definition) is 4. The lowest BCUT2D eigenvalue weighted by Crippen LogP contribution is -2.17. The fourth-order valence-electron chi connectivity index (χ4n) is 2.22. The molecule has 0 radical (unpaired) electrons. The molecule has 1 aromatic rings. The van der Waals surface area contributed by atoms with Gasteiger partial charge in [0.15, 0.2) is 5.75 Å². The summed E-state index contributed by atoms with van der Waals surface area (Å²) in [6, 6.07) is 4.69. The van der Waals surface area contributed by atoms with Crippen molar-refractivity contribution in [3.05, 3.63) is 40.4 Å². The van der Waals surface area contributed by atoms with E-state index in [9.17, 15) is 9.59 Å². The maximum Gasteiger partial charge on any atom is 0.336 e. The largest absolute Gasteiger partial charge is 0.462 e. The number of hydrogen-bond donors (Lipinski definition) is 0. The summed E-state index contributed by atoms with van der Waals surface area (Å²) in [6.45, 7) is 8.69. The molecule has 1 atom stereocenters. The smallest absolute Gasteiger partial charge is 0.336 e. The summed E-state index contributed by atoms with van der Waals surface area (Å²) in [5.74, 6) is -0.964. The lowest BCUT2D eigenvalue weighted by Gasteiger charge is -2.22. The number of carbonyl (C=O) groups excluding carboxylic acids is 2. The van der Waals surface area contributed by atoms with Gasteiger partial charge in [0, 0.05) is 12.2 Å². The van der Waals surface area contributed by atoms with E-state index in [-0.39, 0.29) is 27.1 Å². The molecule has 0 amide bonds. The Labute approximate surface area is 152 Å². The van der Waals surface area contributed by atoms with Crippen molar-refractivity contribution in [2.45, 2.75) is 34.1 Å². The Morgan fingerprint density at radius 3 is 2.42 bits per heavy atom. The molecule has 132 valence electrons. The van der Waals surface area contributed by atoms with E-state index in [1.165, 1.54) is 6.07 Å². The van der Waals surface area contributed by atoms with Crippen molar-refractivity contribution >= 4 is 35.1 Å². The Bertz CT molecular complexity index is 618. The summed E-state index contributed by atoms with van der Waals surface area (Å²) in [5, 5.41) is 0.415. The first-order valence-corrected chi connectivity index (χ1v) is 8.35. The molecule has 0 aliphatic heterocycles. The Balaban J connectivity index is 2.46. The molecule has 0 aromatic heterocycles. The van der Waals surface area contributed by atoms with E-state index in [1.54, 1.807) is 12.1 Å². The van der Waals surface area contributed by atoms with Gasteiger partial charge in [0.05, 0.1) is 11.6 Å². The van der Waals surface area contributed by atoms with Crippen molar-refractivity contribution in [1.82, 2.24) is 0 Å². The van der Waals surface area contributed by atoms with Crippen LogP contribution in [0, 0.1) is 11.3 Å². The molecular formula is C18H22Cl2O4. The molecule has 0 aliphatic carbocycles. The van der Waals surface area contributed by atoms with E-state index >= 15 is 0 Å². The summed E-state index contributed by atoms with van der Waals surface area (Å²) in [4.78, 5) is 23.3. The average Bonchev–Trinajstić information content (AvgIpc) is 2.46. The van der Waals surface area contributed by atoms with Crippen LogP contribution in [-0.2, 0) is 14.3 Å². The van der Waals surface area contributed by atoms with Crippen LogP contribution in [0.15, 0.2) is 30.4 Å². The molecule has 0 bridgehead atoms. The van der Waals surface area contributed by atoms with Crippen LogP contribution < -0.4 is 4.74 Å². The highest BCUT2D eigenvalue weighted by Crippen LogP contribution is 2.31. The van der Waals surface area contributed by atoms with Gasteiger partial charge in [-0.3, -0.25) is 0 Å². The van der Waals surface area contributed by atoms with Crippen LogP contribution in [0.25, 0.3) is 0 Å². The van der Waals surface area contributed by atoms with Crippen LogP contribution in [0.1, 0.15) is 34.1 Å².